The lowest BCUT2D eigenvalue weighted by molar-refractivity contribution is 0.414. The van der Waals surface area contributed by atoms with Crippen LogP contribution < -0.4 is 10.1 Å². The van der Waals surface area contributed by atoms with Gasteiger partial charge in [-0.2, -0.15) is 0 Å². The summed E-state index contributed by atoms with van der Waals surface area (Å²) in [7, 11) is 1.63. The number of halogens is 2. The summed E-state index contributed by atoms with van der Waals surface area (Å²) in [5.74, 6) is 1.35. The molecule has 0 spiro atoms. The van der Waals surface area contributed by atoms with Crippen molar-refractivity contribution in [2.75, 3.05) is 12.4 Å². The van der Waals surface area contributed by atoms with Gasteiger partial charge in [-0.05, 0) is 24.6 Å². The molecule has 6 heteroatoms. The van der Waals surface area contributed by atoms with Gasteiger partial charge in [-0.15, -0.1) is 0 Å². The molecule has 0 atom stereocenters. The van der Waals surface area contributed by atoms with E-state index in [9.17, 15) is 0 Å². The van der Waals surface area contributed by atoms with E-state index >= 15 is 0 Å². The van der Waals surface area contributed by atoms with Crippen LogP contribution in [-0.4, -0.2) is 17.1 Å². The van der Waals surface area contributed by atoms with Crippen LogP contribution in [0.2, 0.25) is 10.3 Å². The molecule has 100 valence electrons. The maximum Gasteiger partial charge on any atom is 0.157 e. The van der Waals surface area contributed by atoms with Gasteiger partial charge in [-0.1, -0.05) is 35.3 Å². The van der Waals surface area contributed by atoms with Crippen LogP contribution in [0.15, 0.2) is 24.3 Å². The molecule has 19 heavy (non-hydrogen) atoms. The topological polar surface area (TPSA) is 47.0 Å². The molecule has 0 unspecified atom stereocenters. The Morgan fingerprint density at radius 3 is 2.53 bits per heavy atom. The predicted molar refractivity (Wildman–Crippen MR) is 77.1 cm³/mol. The molecule has 1 heterocycles. The van der Waals surface area contributed by atoms with Gasteiger partial charge in [-0.25, -0.2) is 9.97 Å². The molecule has 0 fully saturated rings. The second-order valence-corrected chi connectivity index (χ2v) is 4.65. The largest absolute Gasteiger partial charge is 0.497 e. The number of aryl methyl sites for hydroxylation is 1. The molecule has 4 nitrogen and oxygen atoms in total. The zero-order valence-corrected chi connectivity index (χ0v) is 12.1. The summed E-state index contributed by atoms with van der Waals surface area (Å²) in [4.78, 5) is 8.13. The highest BCUT2D eigenvalue weighted by atomic mass is 35.5. The molecule has 1 aromatic heterocycles. The van der Waals surface area contributed by atoms with Gasteiger partial charge in [0.15, 0.2) is 10.3 Å². The number of ether oxygens (including phenoxy) is 1. The molecule has 0 saturated carbocycles. The van der Waals surface area contributed by atoms with E-state index in [1.54, 1.807) is 14.0 Å². The second-order valence-electron chi connectivity index (χ2n) is 3.93. The van der Waals surface area contributed by atoms with Crippen LogP contribution in [0.1, 0.15) is 11.4 Å². The zero-order chi connectivity index (χ0) is 13.8. The van der Waals surface area contributed by atoms with Crippen molar-refractivity contribution in [2.24, 2.45) is 0 Å². The predicted octanol–water partition coefficient (Wildman–Crippen LogP) is 3.71. The zero-order valence-electron chi connectivity index (χ0n) is 10.6. The summed E-state index contributed by atoms with van der Waals surface area (Å²) >= 11 is 12.1. The number of nitrogens with zero attached hydrogens (tertiary/aromatic N) is 2. The van der Waals surface area contributed by atoms with E-state index in [0.29, 0.717) is 28.4 Å². The first-order valence-electron chi connectivity index (χ1n) is 5.66. The minimum absolute atomic E-state index is 0.320. The van der Waals surface area contributed by atoms with Crippen LogP contribution in [-0.2, 0) is 6.54 Å². The van der Waals surface area contributed by atoms with E-state index in [1.165, 1.54) is 0 Å². The van der Waals surface area contributed by atoms with Crippen LogP contribution in [0.25, 0.3) is 0 Å². The van der Waals surface area contributed by atoms with Crippen molar-refractivity contribution in [1.82, 2.24) is 9.97 Å². The number of rotatable bonds is 4. The SMILES string of the molecule is COc1cccc(CNc2c(Cl)nc(C)nc2Cl)c1. The van der Waals surface area contributed by atoms with Crippen LogP contribution in [0.4, 0.5) is 5.69 Å². The number of nitrogens with one attached hydrogen (secondary N) is 1. The Balaban J connectivity index is 2.14. The van der Waals surface area contributed by atoms with Crippen LogP contribution >= 0.6 is 23.2 Å². The van der Waals surface area contributed by atoms with Gasteiger partial charge in [0.25, 0.3) is 0 Å². The first-order chi connectivity index (χ1) is 9.10. The van der Waals surface area contributed by atoms with Crippen LogP contribution in [0.5, 0.6) is 5.75 Å². The molecular formula is C13H13Cl2N3O. The highest BCUT2D eigenvalue weighted by Gasteiger charge is 2.09. The lowest BCUT2D eigenvalue weighted by Gasteiger charge is -2.10. The first-order valence-corrected chi connectivity index (χ1v) is 6.42. The third kappa shape index (κ3) is 3.49. The lowest BCUT2D eigenvalue weighted by Crippen LogP contribution is -2.04. The monoisotopic (exact) mass is 297 g/mol. The summed E-state index contributed by atoms with van der Waals surface area (Å²) in [6, 6.07) is 7.72. The smallest absolute Gasteiger partial charge is 0.157 e. The van der Waals surface area contributed by atoms with E-state index in [4.69, 9.17) is 27.9 Å². The Labute approximate surface area is 121 Å². The van der Waals surface area contributed by atoms with Gasteiger partial charge in [0, 0.05) is 6.54 Å². The van der Waals surface area contributed by atoms with Gasteiger partial charge in [-0.3, -0.25) is 0 Å². The highest BCUT2D eigenvalue weighted by Crippen LogP contribution is 2.27. The number of anilines is 1. The summed E-state index contributed by atoms with van der Waals surface area (Å²) in [5.41, 5.74) is 1.59. The number of methoxy groups -OCH3 is 1. The lowest BCUT2D eigenvalue weighted by atomic mass is 10.2. The standard InChI is InChI=1S/C13H13Cl2N3O/c1-8-17-12(14)11(13(15)18-8)16-7-9-4-3-5-10(6-9)19-2/h3-6,16H,7H2,1-2H3. The van der Waals surface area contributed by atoms with Crippen molar-refractivity contribution in [1.29, 1.82) is 0 Å². The Kier molecular flexibility index (Phi) is 4.45. The molecular weight excluding hydrogens is 285 g/mol. The molecule has 0 aliphatic heterocycles. The molecule has 0 bridgehead atoms. The van der Waals surface area contributed by atoms with E-state index < -0.39 is 0 Å². The number of hydrogen-bond donors (Lipinski definition) is 1. The minimum Gasteiger partial charge on any atom is -0.497 e. The van der Waals surface area contributed by atoms with Crippen molar-refractivity contribution < 1.29 is 4.74 Å². The number of benzene rings is 1. The van der Waals surface area contributed by atoms with Gasteiger partial charge < -0.3 is 10.1 Å². The fourth-order valence-electron chi connectivity index (χ4n) is 1.62. The second kappa shape index (κ2) is 6.08. The molecule has 2 rings (SSSR count). The van der Waals surface area contributed by atoms with E-state index in [-0.39, 0.29) is 0 Å². The Hall–Kier alpha value is -1.52. The van der Waals surface area contributed by atoms with Crippen LogP contribution in [0.3, 0.4) is 0 Å². The third-order valence-corrected chi connectivity index (χ3v) is 3.08. The van der Waals surface area contributed by atoms with Gasteiger partial charge >= 0.3 is 0 Å². The quantitative estimate of drug-likeness (QED) is 0.874. The molecule has 0 radical (unpaired) electrons. The number of aromatic nitrogens is 2. The van der Waals surface area contributed by atoms with Crippen molar-refractivity contribution in [3.63, 3.8) is 0 Å². The van der Waals surface area contributed by atoms with Crippen molar-refractivity contribution in [2.45, 2.75) is 13.5 Å². The first kappa shape index (κ1) is 13.9. The van der Waals surface area contributed by atoms with Crippen molar-refractivity contribution >= 4 is 28.9 Å². The Bertz CT molecular complexity index is 567. The fourth-order valence-corrected chi connectivity index (χ4v) is 2.23. The van der Waals surface area contributed by atoms with E-state index in [1.807, 2.05) is 24.3 Å². The van der Waals surface area contributed by atoms with Gasteiger partial charge in [0.2, 0.25) is 0 Å². The van der Waals surface area contributed by atoms with E-state index in [2.05, 4.69) is 15.3 Å². The average molecular weight is 298 g/mol. The summed E-state index contributed by atoms with van der Waals surface area (Å²) in [5, 5.41) is 3.77. The molecule has 0 saturated heterocycles. The molecule has 2 aromatic rings. The van der Waals surface area contributed by atoms with Gasteiger partial charge in [0.05, 0.1) is 7.11 Å². The van der Waals surface area contributed by atoms with Gasteiger partial charge in [0.1, 0.15) is 17.3 Å². The maximum absolute atomic E-state index is 6.04. The number of hydrogen-bond acceptors (Lipinski definition) is 4. The summed E-state index contributed by atoms with van der Waals surface area (Å²) in [6.07, 6.45) is 0. The fraction of sp³-hybridized carbons (Fsp3) is 0.231. The molecule has 1 N–H and O–H groups in total. The molecule has 0 aliphatic rings. The van der Waals surface area contributed by atoms with E-state index in [0.717, 1.165) is 11.3 Å². The highest BCUT2D eigenvalue weighted by molar-refractivity contribution is 6.37. The van der Waals surface area contributed by atoms with Crippen molar-refractivity contribution in [3.8, 4) is 5.75 Å². The normalized spacial score (nSPS) is 10.3. The maximum atomic E-state index is 6.04. The molecule has 0 amide bonds. The van der Waals surface area contributed by atoms with Crippen molar-refractivity contribution in [3.05, 3.63) is 46.0 Å². The van der Waals surface area contributed by atoms with Crippen LogP contribution in [0, 0.1) is 6.92 Å². The minimum atomic E-state index is 0.320. The third-order valence-electron chi connectivity index (χ3n) is 2.54. The Morgan fingerprint density at radius 2 is 1.89 bits per heavy atom. The average Bonchev–Trinajstić information content (AvgIpc) is 2.37. The Morgan fingerprint density at radius 1 is 1.21 bits per heavy atom. The molecule has 1 aromatic carbocycles. The summed E-state index contributed by atoms with van der Waals surface area (Å²) < 4.78 is 5.17. The summed E-state index contributed by atoms with van der Waals surface area (Å²) in [6.45, 7) is 2.30. The molecule has 0 aliphatic carbocycles.